The molecule has 0 aliphatic heterocycles. The topological polar surface area (TPSA) is 35.0 Å². The molecular weight excluding hydrogens is 477 g/mol. The Hall–Kier alpha value is -1.89. The van der Waals surface area contributed by atoms with Crippen molar-refractivity contribution in [3.05, 3.63) is 42.2 Å². The summed E-state index contributed by atoms with van der Waals surface area (Å²) in [4.78, 5) is 9.10. The van der Waals surface area contributed by atoms with Crippen LogP contribution in [0.1, 0.15) is 83.6 Å². The zero-order valence-electron chi connectivity index (χ0n) is 20.0. The Labute approximate surface area is 198 Å². The van der Waals surface area contributed by atoms with Gasteiger partial charge in [0.2, 0.25) is 0 Å². The zero-order valence-corrected chi connectivity index (χ0v) is 20.9. The predicted molar refractivity (Wildman–Crippen MR) is 128 cm³/mol. The predicted octanol–water partition coefficient (Wildman–Crippen LogP) is 10.4. The van der Waals surface area contributed by atoms with Crippen LogP contribution in [0.25, 0.3) is 11.4 Å². The summed E-state index contributed by atoms with van der Waals surface area (Å²) in [7, 11) is -10.7. The number of halogens is 6. The Morgan fingerprint density at radius 3 is 1.65 bits per heavy atom. The molecule has 0 bridgehead atoms. The molecule has 10 heteroatoms. The number of nitrogens with zero attached hydrogens (tertiary/aromatic N) is 2. The maximum absolute atomic E-state index is 10.7. The van der Waals surface area contributed by atoms with Crippen LogP contribution in [0.3, 0.4) is 0 Å². The number of hydrogen-bond acceptors (Lipinski definition) is 3. The minimum absolute atomic E-state index is 0.778. The van der Waals surface area contributed by atoms with Gasteiger partial charge in [-0.3, -0.25) is 0 Å². The third-order valence-corrected chi connectivity index (χ3v) is 4.90. The number of aromatic nitrogens is 2. The number of benzene rings is 1. The van der Waals surface area contributed by atoms with Crippen LogP contribution in [0.2, 0.25) is 0 Å². The van der Waals surface area contributed by atoms with Crippen LogP contribution >= 0.6 is 7.81 Å². The third kappa shape index (κ3) is 18.5. The minimum atomic E-state index is -10.7. The summed E-state index contributed by atoms with van der Waals surface area (Å²) in [6, 6.07) is 8.08. The molecule has 0 atom stereocenters. The standard InChI is InChI=1S/C24H36N2O.F6P/c1-3-5-7-8-9-10-11-12-13-21-19-25-24(26-20-21)22-14-16-23(17-15-22)27-18-6-4-2;1-7(2,3,4,5)6/h14-17,19-20H,3-13,18H2,1-2H3;/q;-1. The molecule has 34 heavy (non-hydrogen) atoms. The van der Waals surface area contributed by atoms with Crippen molar-refractivity contribution in [3.8, 4) is 17.1 Å². The first kappa shape index (κ1) is 30.1. The molecule has 3 nitrogen and oxygen atoms in total. The maximum atomic E-state index is 9.87. The number of rotatable bonds is 14. The van der Waals surface area contributed by atoms with E-state index >= 15 is 0 Å². The summed E-state index contributed by atoms with van der Waals surface area (Å²) in [5.74, 6) is 1.70. The molecule has 0 aliphatic carbocycles. The van der Waals surface area contributed by atoms with Crippen molar-refractivity contribution in [2.75, 3.05) is 6.61 Å². The van der Waals surface area contributed by atoms with Gasteiger partial charge in [0, 0.05) is 18.0 Å². The van der Waals surface area contributed by atoms with Gasteiger partial charge in [0.25, 0.3) is 0 Å². The van der Waals surface area contributed by atoms with Crippen LogP contribution in [0.5, 0.6) is 5.75 Å². The van der Waals surface area contributed by atoms with Crippen LogP contribution in [0, 0.1) is 0 Å². The zero-order chi connectivity index (χ0) is 25.6. The molecule has 0 saturated carbocycles. The molecule has 0 fully saturated rings. The van der Waals surface area contributed by atoms with Gasteiger partial charge >= 0.3 is 33.0 Å². The molecule has 0 saturated heterocycles. The first-order chi connectivity index (χ1) is 15.8. The fraction of sp³-hybridized carbons (Fsp3) is 0.583. The van der Waals surface area contributed by atoms with E-state index in [1.807, 2.05) is 36.7 Å². The fourth-order valence-electron chi connectivity index (χ4n) is 3.13. The van der Waals surface area contributed by atoms with Gasteiger partial charge in [-0.25, -0.2) is 9.97 Å². The second kappa shape index (κ2) is 13.3. The first-order valence-corrected chi connectivity index (χ1v) is 13.9. The molecule has 0 spiro atoms. The molecule has 0 radical (unpaired) electrons. The van der Waals surface area contributed by atoms with E-state index in [-0.39, 0.29) is 0 Å². The Morgan fingerprint density at radius 1 is 0.676 bits per heavy atom. The van der Waals surface area contributed by atoms with Gasteiger partial charge in [-0.15, -0.1) is 0 Å². The van der Waals surface area contributed by atoms with Crippen LogP contribution in [0.15, 0.2) is 36.7 Å². The van der Waals surface area contributed by atoms with Crippen molar-refractivity contribution in [2.45, 2.75) is 84.5 Å². The van der Waals surface area contributed by atoms with Gasteiger partial charge < -0.3 is 4.74 Å². The third-order valence-electron chi connectivity index (χ3n) is 4.90. The van der Waals surface area contributed by atoms with E-state index in [9.17, 15) is 25.2 Å². The van der Waals surface area contributed by atoms with Crippen molar-refractivity contribution in [2.24, 2.45) is 0 Å². The number of aryl methyl sites for hydroxylation is 1. The SMILES string of the molecule is CCCCCCCCCCc1cnc(-c2ccc(OCCCC)cc2)nc1.F[P-](F)(F)(F)(F)F. The van der Waals surface area contributed by atoms with Gasteiger partial charge in [-0.1, -0.05) is 65.2 Å². The monoisotopic (exact) mass is 513 g/mol. The van der Waals surface area contributed by atoms with E-state index in [1.54, 1.807) is 0 Å². The summed E-state index contributed by atoms with van der Waals surface area (Å²) in [6.07, 6.45) is 18.1. The van der Waals surface area contributed by atoms with Gasteiger partial charge in [-0.2, -0.15) is 0 Å². The van der Waals surface area contributed by atoms with Crippen molar-refractivity contribution >= 4 is 7.81 Å². The molecule has 2 aromatic rings. The second-order valence-corrected chi connectivity index (χ2v) is 10.2. The summed E-state index contributed by atoms with van der Waals surface area (Å²) < 4.78 is 64.9. The molecule has 0 amide bonds. The van der Waals surface area contributed by atoms with Crippen LogP contribution < -0.4 is 4.74 Å². The summed E-state index contributed by atoms with van der Waals surface area (Å²) in [5.41, 5.74) is 2.28. The van der Waals surface area contributed by atoms with Gasteiger partial charge in [0.05, 0.1) is 6.61 Å². The molecule has 1 heterocycles. The van der Waals surface area contributed by atoms with Crippen LogP contribution in [-0.4, -0.2) is 16.6 Å². The van der Waals surface area contributed by atoms with Crippen LogP contribution in [0.4, 0.5) is 25.2 Å². The van der Waals surface area contributed by atoms with Crippen molar-refractivity contribution in [1.29, 1.82) is 0 Å². The summed E-state index contributed by atoms with van der Waals surface area (Å²) >= 11 is 0. The molecule has 196 valence electrons. The van der Waals surface area contributed by atoms with E-state index in [4.69, 9.17) is 4.74 Å². The number of ether oxygens (including phenoxy) is 1. The van der Waals surface area contributed by atoms with E-state index in [0.717, 1.165) is 43.0 Å². The molecule has 0 aliphatic rings. The van der Waals surface area contributed by atoms with E-state index in [0.29, 0.717) is 0 Å². The quantitative estimate of drug-likeness (QED) is 0.143. The molecule has 2 rings (SSSR count). The molecule has 1 aromatic carbocycles. The number of unbranched alkanes of at least 4 members (excludes halogenated alkanes) is 8. The van der Waals surface area contributed by atoms with E-state index < -0.39 is 7.81 Å². The van der Waals surface area contributed by atoms with Gasteiger partial charge in [0.1, 0.15) is 5.75 Å². The molecule has 0 unspecified atom stereocenters. The average molecular weight is 514 g/mol. The number of hydrogen-bond donors (Lipinski definition) is 0. The Balaban J connectivity index is 0.000000718. The fourth-order valence-corrected chi connectivity index (χ4v) is 3.13. The molecular formula is C24H36F6N2OP-. The van der Waals surface area contributed by atoms with Crippen molar-refractivity contribution in [3.63, 3.8) is 0 Å². The van der Waals surface area contributed by atoms with Gasteiger partial charge in [0.15, 0.2) is 5.82 Å². The van der Waals surface area contributed by atoms with Crippen molar-refractivity contribution in [1.82, 2.24) is 9.97 Å². The summed E-state index contributed by atoms with van der Waals surface area (Å²) in [5, 5.41) is 0. The second-order valence-electron chi connectivity index (χ2n) is 8.32. The molecule has 1 aromatic heterocycles. The molecule has 0 N–H and O–H groups in total. The van der Waals surface area contributed by atoms with E-state index in [2.05, 4.69) is 23.8 Å². The normalized spacial score (nSPS) is 13.4. The average Bonchev–Trinajstić information content (AvgIpc) is 2.75. The van der Waals surface area contributed by atoms with Crippen molar-refractivity contribution < 1.29 is 29.9 Å². The Kier molecular flexibility index (Phi) is 11.8. The van der Waals surface area contributed by atoms with Crippen LogP contribution in [-0.2, 0) is 6.42 Å². The summed E-state index contributed by atoms with van der Waals surface area (Å²) in [6.45, 7) is 5.22. The van der Waals surface area contributed by atoms with Gasteiger partial charge in [-0.05, 0) is 49.1 Å². The first-order valence-electron chi connectivity index (χ1n) is 11.9. The Morgan fingerprint density at radius 2 is 1.15 bits per heavy atom. The van der Waals surface area contributed by atoms with E-state index in [1.165, 1.54) is 56.9 Å². The Bertz CT molecular complexity index is 801.